The lowest BCUT2D eigenvalue weighted by molar-refractivity contribution is 0.0960. The zero-order valence-electron chi connectivity index (χ0n) is 19.1. The number of carbonyl (C=O) groups is 2. The van der Waals surface area contributed by atoms with Gasteiger partial charge in [0.1, 0.15) is 0 Å². The Labute approximate surface area is 202 Å². The molecule has 0 spiro atoms. The third kappa shape index (κ3) is 4.93. The van der Waals surface area contributed by atoms with Crippen molar-refractivity contribution in [2.24, 2.45) is 0 Å². The molecule has 1 amide bonds. The van der Waals surface area contributed by atoms with Crippen LogP contribution in [0.25, 0.3) is 22.0 Å². The van der Waals surface area contributed by atoms with Crippen LogP contribution in [-0.4, -0.2) is 23.7 Å². The van der Waals surface area contributed by atoms with E-state index in [0.29, 0.717) is 12.0 Å². The van der Waals surface area contributed by atoms with Crippen molar-refractivity contribution in [2.75, 3.05) is 7.05 Å². The minimum atomic E-state index is -0.114. The van der Waals surface area contributed by atoms with Gasteiger partial charge in [0.25, 0.3) is 5.91 Å². The van der Waals surface area contributed by atoms with Crippen molar-refractivity contribution in [2.45, 2.75) is 33.1 Å². The number of aromatic amines is 1. The van der Waals surface area contributed by atoms with Gasteiger partial charge in [-0.15, -0.1) is 0 Å². The number of Topliss-reactive ketones (excluding diaryl/α,β-unsaturated/α-hetero) is 1. The van der Waals surface area contributed by atoms with Crippen LogP contribution in [0.15, 0.2) is 65.1 Å². The van der Waals surface area contributed by atoms with Gasteiger partial charge in [0.05, 0.1) is 0 Å². The first-order valence-electron chi connectivity index (χ1n) is 11.1. The minimum absolute atomic E-state index is 0.114. The number of benzene rings is 3. The maximum absolute atomic E-state index is 12.8. The summed E-state index contributed by atoms with van der Waals surface area (Å²) in [5.41, 5.74) is 8.11. The van der Waals surface area contributed by atoms with Gasteiger partial charge in [-0.1, -0.05) is 52.3 Å². The number of rotatable bonds is 7. The fourth-order valence-corrected chi connectivity index (χ4v) is 4.91. The van der Waals surface area contributed by atoms with Crippen LogP contribution < -0.4 is 5.32 Å². The lowest BCUT2D eigenvalue weighted by atomic mass is 9.98. The van der Waals surface area contributed by atoms with E-state index in [1.54, 1.807) is 13.1 Å². The molecule has 0 aliphatic heterocycles. The molecule has 1 heterocycles. The van der Waals surface area contributed by atoms with Crippen LogP contribution in [0.2, 0.25) is 0 Å². The fourth-order valence-electron chi connectivity index (χ4n) is 4.34. The molecule has 0 saturated carbocycles. The highest BCUT2D eigenvalue weighted by molar-refractivity contribution is 9.10. The quantitative estimate of drug-likeness (QED) is 0.273. The summed E-state index contributed by atoms with van der Waals surface area (Å²) in [5, 5.41) is 3.88. The molecule has 0 aliphatic carbocycles. The number of amides is 1. The van der Waals surface area contributed by atoms with Crippen molar-refractivity contribution in [1.82, 2.24) is 10.3 Å². The second kappa shape index (κ2) is 9.75. The molecule has 1 aromatic heterocycles. The molecule has 0 bridgehead atoms. The largest absolute Gasteiger partial charge is 0.358 e. The van der Waals surface area contributed by atoms with Crippen molar-refractivity contribution >= 4 is 38.5 Å². The van der Waals surface area contributed by atoms with Crippen LogP contribution >= 0.6 is 15.9 Å². The van der Waals surface area contributed by atoms with E-state index >= 15 is 0 Å². The maximum atomic E-state index is 12.8. The van der Waals surface area contributed by atoms with Crippen LogP contribution in [0, 0.1) is 13.8 Å². The second-order valence-corrected chi connectivity index (χ2v) is 9.30. The van der Waals surface area contributed by atoms with Gasteiger partial charge in [0, 0.05) is 45.7 Å². The molecule has 3 aromatic carbocycles. The molecule has 0 aliphatic rings. The Morgan fingerprint density at radius 2 is 1.70 bits per heavy atom. The van der Waals surface area contributed by atoms with Gasteiger partial charge in [-0.25, -0.2) is 0 Å². The van der Waals surface area contributed by atoms with E-state index in [-0.39, 0.29) is 11.7 Å². The number of aryl methyl sites for hydroxylation is 3. The smallest absolute Gasteiger partial charge is 0.251 e. The summed E-state index contributed by atoms with van der Waals surface area (Å²) in [4.78, 5) is 28.2. The van der Waals surface area contributed by atoms with E-state index in [2.05, 4.69) is 52.2 Å². The lowest BCUT2D eigenvalue weighted by Gasteiger charge is -2.07. The van der Waals surface area contributed by atoms with Gasteiger partial charge < -0.3 is 10.3 Å². The Bertz CT molecular complexity index is 1340. The summed E-state index contributed by atoms with van der Waals surface area (Å²) in [6.07, 6.45) is 2.16. The van der Waals surface area contributed by atoms with Crippen LogP contribution in [0.1, 0.15) is 50.4 Å². The highest BCUT2D eigenvalue weighted by Gasteiger charge is 2.13. The number of aromatic nitrogens is 1. The average molecular weight is 503 g/mol. The van der Waals surface area contributed by atoms with Crippen LogP contribution in [-0.2, 0) is 6.42 Å². The van der Waals surface area contributed by atoms with Crippen molar-refractivity contribution in [3.63, 3.8) is 0 Å². The number of halogens is 1. The molecule has 2 N–H and O–H groups in total. The monoisotopic (exact) mass is 502 g/mol. The predicted octanol–water partition coefficient (Wildman–Crippen LogP) is 6.78. The number of hydrogen-bond acceptors (Lipinski definition) is 2. The second-order valence-electron chi connectivity index (χ2n) is 8.39. The summed E-state index contributed by atoms with van der Waals surface area (Å²) in [6, 6.07) is 19.4. The molecule has 0 unspecified atom stereocenters. The Hall–Kier alpha value is -3.18. The molecule has 0 radical (unpaired) electrons. The molecule has 0 saturated heterocycles. The van der Waals surface area contributed by atoms with Gasteiger partial charge in [-0.3, -0.25) is 9.59 Å². The molecular formula is C28H27BrN2O2. The van der Waals surface area contributed by atoms with E-state index in [0.717, 1.165) is 34.0 Å². The summed E-state index contributed by atoms with van der Waals surface area (Å²) in [5.74, 6) is 0.0344. The standard InChI is InChI=1S/C28H27BrN2O2/c1-17-14-23(29)16-25-24(18(2)31-27(17)25)8-5-9-26(32)20-12-10-19(11-13-20)21-6-4-7-22(15-21)28(33)30-3/h4,6-7,10-16,31H,5,8-9H2,1-3H3,(H,30,33). The average Bonchev–Trinajstić information content (AvgIpc) is 3.14. The Morgan fingerprint density at radius 1 is 0.939 bits per heavy atom. The minimum Gasteiger partial charge on any atom is -0.358 e. The zero-order valence-corrected chi connectivity index (χ0v) is 20.7. The highest BCUT2D eigenvalue weighted by atomic mass is 79.9. The predicted molar refractivity (Wildman–Crippen MR) is 138 cm³/mol. The molecular weight excluding hydrogens is 476 g/mol. The number of carbonyl (C=O) groups excluding carboxylic acids is 2. The first-order chi connectivity index (χ1) is 15.9. The number of nitrogens with one attached hydrogen (secondary N) is 2. The van der Waals surface area contributed by atoms with Crippen LogP contribution in [0.5, 0.6) is 0 Å². The topological polar surface area (TPSA) is 62.0 Å². The number of ketones is 1. The Kier molecular flexibility index (Phi) is 6.80. The van der Waals surface area contributed by atoms with E-state index in [1.807, 2.05) is 42.5 Å². The van der Waals surface area contributed by atoms with E-state index < -0.39 is 0 Å². The van der Waals surface area contributed by atoms with Crippen LogP contribution in [0.4, 0.5) is 0 Å². The lowest BCUT2D eigenvalue weighted by Crippen LogP contribution is -2.17. The highest BCUT2D eigenvalue weighted by Crippen LogP contribution is 2.30. The van der Waals surface area contributed by atoms with Crippen molar-refractivity contribution in [3.05, 3.63) is 93.1 Å². The summed E-state index contributed by atoms with van der Waals surface area (Å²) < 4.78 is 1.07. The molecule has 168 valence electrons. The summed E-state index contributed by atoms with van der Waals surface area (Å²) in [7, 11) is 1.62. The fraction of sp³-hybridized carbons (Fsp3) is 0.214. The zero-order chi connectivity index (χ0) is 23.5. The van der Waals surface area contributed by atoms with Gasteiger partial charge in [0.15, 0.2) is 5.78 Å². The first-order valence-corrected chi connectivity index (χ1v) is 11.9. The maximum Gasteiger partial charge on any atom is 0.251 e. The summed E-state index contributed by atoms with van der Waals surface area (Å²) in [6.45, 7) is 4.21. The normalized spacial score (nSPS) is 11.0. The van der Waals surface area contributed by atoms with E-state index in [9.17, 15) is 9.59 Å². The molecule has 33 heavy (non-hydrogen) atoms. The first kappa shape index (κ1) is 23.0. The molecule has 4 rings (SSSR count). The number of hydrogen-bond donors (Lipinski definition) is 2. The molecule has 0 atom stereocenters. The van der Waals surface area contributed by atoms with Gasteiger partial charge in [-0.2, -0.15) is 0 Å². The Balaban J connectivity index is 1.43. The van der Waals surface area contributed by atoms with Crippen molar-refractivity contribution < 1.29 is 9.59 Å². The van der Waals surface area contributed by atoms with Gasteiger partial charge >= 0.3 is 0 Å². The van der Waals surface area contributed by atoms with Crippen molar-refractivity contribution in [1.29, 1.82) is 0 Å². The molecule has 5 heteroatoms. The van der Waals surface area contributed by atoms with E-state index in [4.69, 9.17) is 0 Å². The van der Waals surface area contributed by atoms with Crippen LogP contribution in [0.3, 0.4) is 0 Å². The third-order valence-electron chi connectivity index (χ3n) is 6.11. The SMILES string of the molecule is CNC(=O)c1cccc(-c2ccc(C(=O)CCCc3c(C)[nH]c4c(C)cc(Br)cc34)cc2)c1. The van der Waals surface area contributed by atoms with Crippen molar-refractivity contribution in [3.8, 4) is 11.1 Å². The number of fused-ring (bicyclic) bond motifs is 1. The van der Waals surface area contributed by atoms with E-state index in [1.165, 1.54) is 27.7 Å². The molecule has 4 nitrogen and oxygen atoms in total. The number of H-pyrrole nitrogens is 1. The molecule has 4 aromatic rings. The molecule has 0 fully saturated rings. The van der Waals surface area contributed by atoms with Gasteiger partial charge in [0.2, 0.25) is 0 Å². The Morgan fingerprint density at radius 3 is 2.42 bits per heavy atom. The third-order valence-corrected chi connectivity index (χ3v) is 6.57. The summed E-state index contributed by atoms with van der Waals surface area (Å²) >= 11 is 3.60. The van der Waals surface area contributed by atoms with Gasteiger partial charge in [-0.05, 0) is 73.2 Å².